The van der Waals surface area contributed by atoms with E-state index in [9.17, 15) is 4.79 Å². The zero-order valence-corrected chi connectivity index (χ0v) is 8.50. The Morgan fingerprint density at radius 1 is 1.36 bits per heavy atom. The summed E-state index contributed by atoms with van der Waals surface area (Å²) in [5, 5.41) is 3.12. The zero-order valence-electron chi connectivity index (χ0n) is 8.50. The third-order valence-electron chi connectivity index (χ3n) is 2.56. The van der Waals surface area contributed by atoms with Crippen molar-refractivity contribution in [3.63, 3.8) is 0 Å². The Morgan fingerprint density at radius 3 is 2.93 bits per heavy atom. The maximum absolute atomic E-state index is 11.5. The Labute approximate surface area is 83.7 Å². The molecule has 74 valence electrons. The minimum atomic E-state index is 0.118. The molecule has 1 N–H and O–H groups in total. The zero-order chi connectivity index (χ0) is 10.1. The van der Waals surface area contributed by atoms with Crippen molar-refractivity contribution < 1.29 is 4.79 Å². The van der Waals surface area contributed by atoms with Crippen molar-refractivity contribution in [1.82, 2.24) is 5.32 Å². The number of hydrogen-bond acceptors (Lipinski definition) is 2. The number of nitrogens with one attached hydrogen (secondary N) is 1. The Hall–Kier alpha value is -1.35. The van der Waals surface area contributed by atoms with E-state index in [1.54, 1.807) is 4.90 Å². The van der Waals surface area contributed by atoms with E-state index < -0.39 is 0 Å². The molecule has 1 heterocycles. The number of benzene rings is 1. The second-order valence-corrected chi connectivity index (χ2v) is 3.69. The van der Waals surface area contributed by atoms with Crippen molar-refractivity contribution in [3.05, 3.63) is 29.3 Å². The van der Waals surface area contributed by atoms with E-state index in [1.807, 2.05) is 19.2 Å². The molecule has 0 radical (unpaired) electrons. The number of amides is 1. The van der Waals surface area contributed by atoms with Gasteiger partial charge in [-0.1, -0.05) is 17.7 Å². The lowest BCUT2D eigenvalue weighted by Crippen LogP contribution is -2.32. The molecule has 0 fully saturated rings. The summed E-state index contributed by atoms with van der Waals surface area (Å²) in [6.45, 7) is 3.25. The van der Waals surface area contributed by atoms with Crippen LogP contribution >= 0.6 is 0 Å². The summed E-state index contributed by atoms with van der Waals surface area (Å²) in [7, 11) is 1.82. The number of fused-ring (bicyclic) bond motifs is 1. The molecule has 2 rings (SSSR count). The van der Waals surface area contributed by atoms with Gasteiger partial charge in [-0.3, -0.25) is 4.79 Å². The monoisotopic (exact) mass is 190 g/mol. The van der Waals surface area contributed by atoms with Crippen molar-refractivity contribution in [1.29, 1.82) is 0 Å². The van der Waals surface area contributed by atoms with Gasteiger partial charge in [0.05, 0.1) is 6.54 Å². The molecule has 0 saturated heterocycles. The highest BCUT2D eigenvalue weighted by Gasteiger charge is 2.17. The number of carbonyl (C=O) groups excluding carboxylic acids is 1. The molecule has 3 heteroatoms. The lowest BCUT2D eigenvalue weighted by molar-refractivity contribution is -0.117. The van der Waals surface area contributed by atoms with Crippen molar-refractivity contribution in [2.75, 3.05) is 18.5 Å². The van der Waals surface area contributed by atoms with Crippen LogP contribution in [0.15, 0.2) is 18.2 Å². The highest BCUT2D eigenvalue weighted by molar-refractivity contribution is 5.95. The third-order valence-corrected chi connectivity index (χ3v) is 2.56. The number of aryl methyl sites for hydroxylation is 1. The smallest absolute Gasteiger partial charge is 0.240 e. The number of hydrogen-bond donors (Lipinski definition) is 1. The molecule has 1 aliphatic heterocycles. The van der Waals surface area contributed by atoms with Gasteiger partial charge in [-0.25, -0.2) is 0 Å². The predicted molar refractivity (Wildman–Crippen MR) is 56.3 cm³/mol. The second kappa shape index (κ2) is 3.42. The van der Waals surface area contributed by atoms with Gasteiger partial charge in [0.15, 0.2) is 0 Å². The van der Waals surface area contributed by atoms with Gasteiger partial charge in [-0.05, 0) is 18.6 Å². The fourth-order valence-electron chi connectivity index (χ4n) is 1.74. The van der Waals surface area contributed by atoms with E-state index in [-0.39, 0.29) is 5.91 Å². The number of nitrogens with zero attached hydrogens (tertiary/aromatic N) is 1. The summed E-state index contributed by atoms with van der Waals surface area (Å²) in [6, 6.07) is 6.17. The molecule has 0 atom stereocenters. The molecule has 0 unspecified atom stereocenters. The largest absolute Gasteiger partial charge is 0.314 e. The first-order valence-electron chi connectivity index (χ1n) is 4.75. The van der Waals surface area contributed by atoms with E-state index in [0.29, 0.717) is 6.54 Å². The van der Waals surface area contributed by atoms with Crippen LogP contribution in [0, 0.1) is 6.92 Å². The van der Waals surface area contributed by atoms with Crippen molar-refractivity contribution in [2.45, 2.75) is 13.5 Å². The number of rotatable bonds is 0. The number of carbonyl (C=O) groups is 1. The van der Waals surface area contributed by atoms with Gasteiger partial charge < -0.3 is 10.2 Å². The maximum Gasteiger partial charge on any atom is 0.240 e. The summed E-state index contributed by atoms with van der Waals surface area (Å²) >= 11 is 0. The Kier molecular flexibility index (Phi) is 2.25. The first-order chi connectivity index (χ1) is 6.68. The average Bonchev–Trinajstić information content (AvgIpc) is 2.28. The highest BCUT2D eigenvalue weighted by Crippen LogP contribution is 2.22. The van der Waals surface area contributed by atoms with Crippen molar-refractivity contribution in [3.8, 4) is 0 Å². The number of anilines is 1. The molecular weight excluding hydrogens is 176 g/mol. The Bertz CT molecular complexity index is 374. The van der Waals surface area contributed by atoms with Crippen LogP contribution in [0.1, 0.15) is 11.1 Å². The third kappa shape index (κ3) is 1.51. The van der Waals surface area contributed by atoms with Crippen LogP contribution < -0.4 is 10.2 Å². The fourth-order valence-corrected chi connectivity index (χ4v) is 1.74. The van der Waals surface area contributed by atoms with E-state index in [1.165, 1.54) is 11.1 Å². The topological polar surface area (TPSA) is 32.3 Å². The minimum Gasteiger partial charge on any atom is -0.314 e. The van der Waals surface area contributed by atoms with Crippen LogP contribution in [0.5, 0.6) is 0 Å². The standard InChI is InChI=1S/C11H14N2O/c1-8-3-4-10-9(5-8)6-12-7-11(14)13(10)2/h3-5,12H,6-7H2,1-2H3. The Morgan fingerprint density at radius 2 is 2.14 bits per heavy atom. The summed E-state index contributed by atoms with van der Waals surface area (Å²) in [5.41, 5.74) is 3.44. The molecule has 0 spiro atoms. The summed E-state index contributed by atoms with van der Waals surface area (Å²) in [6.07, 6.45) is 0. The van der Waals surface area contributed by atoms with Crippen LogP contribution in [0.3, 0.4) is 0 Å². The van der Waals surface area contributed by atoms with Gasteiger partial charge in [0.1, 0.15) is 0 Å². The second-order valence-electron chi connectivity index (χ2n) is 3.69. The average molecular weight is 190 g/mol. The van der Waals surface area contributed by atoms with Crippen LogP contribution in [0.25, 0.3) is 0 Å². The van der Waals surface area contributed by atoms with E-state index in [4.69, 9.17) is 0 Å². The lowest BCUT2D eigenvalue weighted by atomic mass is 10.1. The molecule has 0 aromatic heterocycles. The lowest BCUT2D eigenvalue weighted by Gasteiger charge is -2.17. The van der Waals surface area contributed by atoms with Crippen LogP contribution in [-0.2, 0) is 11.3 Å². The molecule has 3 nitrogen and oxygen atoms in total. The van der Waals surface area contributed by atoms with Gasteiger partial charge in [-0.15, -0.1) is 0 Å². The molecule has 1 aromatic carbocycles. The van der Waals surface area contributed by atoms with E-state index >= 15 is 0 Å². The van der Waals surface area contributed by atoms with Gasteiger partial charge in [0.2, 0.25) is 5.91 Å². The molecule has 1 amide bonds. The van der Waals surface area contributed by atoms with Crippen molar-refractivity contribution in [2.24, 2.45) is 0 Å². The van der Waals surface area contributed by atoms with Gasteiger partial charge >= 0.3 is 0 Å². The van der Waals surface area contributed by atoms with Crippen LogP contribution in [0.2, 0.25) is 0 Å². The van der Waals surface area contributed by atoms with Crippen LogP contribution in [0.4, 0.5) is 5.69 Å². The molecule has 0 saturated carbocycles. The molecular formula is C11H14N2O. The summed E-state index contributed by atoms with van der Waals surface area (Å²) < 4.78 is 0. The van der Waals surface area contributed by atoms with Gasteiger partial charge in [0, 0.05) is 19.3 Å². The molecule has 0 aliphatic carbocycles. The van der Waals surface area contributed by atoms with E-state index in [0.717, 1.165) is 12.2 Å². The first-order valence-corrected chi connectivity index (χ1v) is 4.75. The fraction of sp³-hybridized carbons (Fsp3) is 0.364. The summed E-state index contributed by atoms with van der Waals surface area (Å²) in [5.74, 6) is 0.118. The maximum atomic E-state index is 11.5. The Balaban J connectivity index is 2.48. The van der Waals surface area contributed by atoms with E-state index in [2.05, 4.69) is 18.3 Å². The molecule has 1 aromatic rings. The number of likely N-dealkylation sites (N-methyl/N-ethyl adjacent to an activating group) is 1. The SMILES string of the molecule is Cc1ccc2c(c1)CNCC(=O)N2C. The van der Waals surface area contributed by atoms with Crippen molar-refractivity contribution >= 4 is 11.6 Å². The molecule has 14 heavy (non-hydrogen) atoms. The molecule has 1 aliphatic rings. The normalized spacial score (nSPS) is 16.4. The molecule has 0 bridgehead atoms. The van der Waals surface area contributed by atoms with Gasteiger partial charge in [0.25, 0.3) is 0 Å². The quantitative estimate of drug-likeness (QED) is 0.663. The van der Waals surface area contributed by atoms with Crippen LogP contribution in [-0.4, -0.2) is 19.5 Å². The van der Waals surface area contributed by atoms with Gasteiger partial charge in [-0.2, -0.15) is 0 Å². The summed E-state index contributed by atoms with van der Waals surface area (Å²) in [4.78, 5) is 13.2. The highest BCUT2D eigenvalue weighted by atomic mass is 16.2. The first kappa shape index (κ1) is 9.21. The predicted octanol–water partition coefficient (Wildman–Crippen LogP) is 1.06. The minimum absolute atomic E-state index is 0.118.